The van der Waals surface area contributed by atoms with Crippen LogP contribution in [0.5, 0.6) is 0 Å². The molecule has 0 bridgehead atoms. The number of carbonyl (C=O) groups excluding carboxylic acids is 1. The second-order valence-corrected chi connectivity index (χ2v) is 4.08. The van der Waals surface area contributed by atoms with Crippen molar-refractivity contribution in [3.8, 4) is 0 Å². The largest absolute Gasteiger partial charge is 0.469 e. The summed E-state index contributed by atoms with van der Waals surface area (Å²) < 4.78 is 4.70. The van der Waals surface area contributed by atoms with Crippen LogP contribution in [0.4, 0.5) is 0 Å². The van der Waals surface area contributed by atoms with Gasteiger partial charge in [-0.05, 0) is 19.9 Å². The molecule has 82 valence electrons. The number of rotatable bonds is 3. The summed E-state index contributed by atoms with van der Waals surface area (Å²) in [5.41, 5.74) is -0.892. The molecule has 0 aromatic heterocycles. The number of methoxy groups -OCH3 is 1. The first kappa shape index (κ1) is 11.5. The summed E-state index contributed by atoms with van der Waals surface area (Å²) in [4.78, 5) is 13.5. The Morgan fingerprint density at radius 3 is 2.71 bits per heavy atom. The van der Waals surface area contributed by atoms with Crippen LogP contribution >= 0.6 is 0 Å². The first-order valence-electron chi connectivity index (χ1n) is 5.02. The monoisotopic (exact) mass is 201 g/mol. The van der Waals surface area contributed by atoms with Crippen molar-refractivity contribution in [2.75, 3.05) is 27.2 Å². The molecule has 2 atom stereocenters. The molecule has 1 saturated heterocycles. The number of likely N-dealkylation sites (tertiary alicyclic amines) is 1. The van der Waals surface area contributed by atoms with Gasteiger partial charge in [-0.2, -0.15) is 0 Å². The summed E-state index contributed by atoms with van der Waals surface area (Å²) in [6.07, 6.45) is 1.27. The van der Waals surface area contributed by atoms with E-state index in [0.717, 1.165) is 6.54 Å². The van der Waals surface area contributed by atoms with E-state index in [2.05, 4.69) is 0 Å². The Hall–Kier alpha value is -0.610. The zero-order valence-corrected chi connectivity index (χ0v) is 9.12. The summed E-state index contributed by atoms with van der Waals surface area (Å²) in [5, 5.41) is 10.3. The van der Waals surface area contributed by atoms with Gasteiger partial charge in [-0.25, -0.2) is 0 Å². The molecule has 0 spiro atoms. The molecule has 0 aromatic rings. The fourth-order valence-electron chi connectivity index (χ4n) is 2.20. The van der Waals surface area contributed by atoms with Gasteiger partial charge in [0.1, 0.15) is 0 Å². The van der Waals surface area contributed by atoms with E-state index >= 15 is 0 Å². The normalized spacial score (nSPS) is 30.3. The SMILES string of the molecule is CCC(C(=O)OC)C1(O)CCN(C)C1. The summed E-state index contributed by atoms with van der Waals surface area (Å²) in [7, 11) is 3.31. The lowest BCUT2D eigenvalue weighted by molar-refractivity contribution is -0.155. The second kappa shape index (κ2) is 4.28. The molecule has 1 heterocycles. The fourth-order valence-corrected chi connectivity index (χ4v) is 2.20. The third-order valence-corrected chi connectivity index (χ3v) is 3.01. The average molecular weight is 201 g/mol. The number of nitrogens with zero attached hydrogens (tertiary/aromatic N) is 1. The van der Waals surface area contributed by atoms with Crippen LogP contribution in [0.15, 0.2) is 0 Å². The van der Waals surface area contributed by atoms with Crippen molar-refractivity contribution in [3.05, 3.63) is 0 Å². The van der Waals surface area contributed by atoms with Crippen molar-refractivity contribution >= 4 is 5.97 Å². The van der Waals surface area contributed by atoms with Gasteiger partial charge in [0.15, 0.2) is 0 Å². The van der Waals surface area contributed by atoms with Gasteiger partial charge in [0, 0.05) is 13.1 Å². The predicted molar refractivity (Wildman–Crippen MR) is 52.9 cm³/mol. The van der Waals surface area contributed by atoms with Crippen LogP contribution in [-0.4, -0.2) is 48.8 Å². The summed E-state index contributed by atoms with van der Waals surface area (Å²) in [6, 6.07) is 0. The Morgan fingerprint density at radius 1 is 1.71 bits per heavy atom. The van der Waals surface area contributed by atoms with Crippen molar-refractivity contribution in [2.24, 2.45) is 5.92 Å². The Labute approximate surface area is 84.8 Å². The van der Waals surface area contributed by atoms with Gasteiger partial charge in [0.2, 0.25) is 0 Å². The lowest BCUT2D eigenvalue weighted by atomic mass is 9.84. The van der Waals surface area contributed by atoms with E-state index in [4.69, 9.17) is 4.74 Å². The summed E-state index contributed by atoms with van der Waals surface area (Å²) >= 11 is 0. The molecule has 0 radical (unpaired) electrons. The molecular weight excluding hydrogens is 182 g/mol. The van der Waals surface area contributed by atoms with Gasteiger partial charge in [0.25, 0.3) is 0 Å². The van der Waals surface area contributed by atoms with Crippen molar-refractivity contribution in [1.29, 1.82) is 0 Å². The minimum atomic E-state index is -0.892. The number of carbonyl (C=O) groups is 1. The average Bonchev–Trinajstić information content (AvgIpc) is 2.47. The minimum Gasteiger partial charge on any atom is -0.469 e. The Bertz CT molecular complexity index is 219. The van der Waals surface area contributed by atoms with Crippen LogP contribution in [0, 0.1) is 5.92 Å². The number of β-amino-alcohol motifs (C(OH)–C–C–N with tert-alkyl or cyclic N) is 1. The Balaban J connectivity index is 2.73. The van der Waals surface area contributed by atoms with Gasteiger partial charge in [-0.3, -0.25) is 4.79 Å². The van der Waals surface area contributed by atoms with E-state index in [1.807, 2.05) is 18.9 Å². The van der Waals surface area contributed by atoms with Crippen molar-refractivity contribution in [3.63, 3.8) is 0 Å². The highest BCUT2D eigenvalue weighted by Gasteiger charge is 2.44. The van der Waals surface area contributed by atoms with E-state index in [-0.39, 0.29) is 5.97 Å². The lowest BCUT2D eigenvalue weighted by Crippen LogP contribution is -2.44. The molecule has 0 saturated carbocycles. The number of hydrogen-bond acceptors (Lipinski definition) is 4. The van der Waals surface area contributed by atoms with Crippen LogP contribution in [-0.2, 0) is 9.53 Å². The van der Waals surface area contributed by atoms with Crippen LogP contribution in [0.3, 0.4) is 0 Å². The van der Waals surface area contributed by atoms with E-state index in [1.165, 1.54) is 7.11 Å². The number of likely N-dealkylation sites (N-methyl/N-ethyl adjacent to an activating group) is 1. The van der Waals surface area contributed by atoms with Crippen molar-refractivity contribution < 1.29 is 14.6 Å². The summed E-state index contributed by atoms with van der Waals surface area (Å²) in [5.74, 6) is -0.692. The molecule has 2 unspecified atom stereocenters. The first-order chi connectivity index (χ1) is 6.53. The third kappa shape index (κ3) is 2.07. The lowest BCUT2D eigenvalue weighted by Gasteiger charge is -2.29. The molecule has 4 heteroatoms. The molecule has 1 aliphatic heterocycles. The topological polar surface area (TPSA) is 49.8 Å². The molecular formula is C10H19NO3. The van der Waals surface area contributed by atoms with E-state index in [0.29, 0.717) is 19.4 Å². The Kier molecular flexibility index (Phi) is 3.50. The number of aliphatic hydroxyl groups is 1. The molecule has 0 amide bonds. The van der Waals surface area contributed by atoms with Crippen molar-refractivity contribution in [2.45, 2.75) is 25.4 Å². The Morgan fingerprint density at radius 2 is 2.36 bits per heavy atom. The number of hydrogen-bond donors (Lipinski definition) is 1. The maximum absolute atomic E-state index is 11.4. The molecule has 4 nitrogen and oxygen atoms in total. The predicted octanol–water partition coefficient (Wildman–Crippen LogP) is 0.252. The minimum absolute atomic E-state index is 0.301. The molecule has 1 N–H and O–H groups in total. The number of esters is 1. The molecule has 1 rings (SSSR count). The van der Waals surface area contributed by atoms with Gasteiger partial charge in [-0.15, -0.1) is 0 Å². The molecule has 0 aromatic carbocycles. The van der Waals surface area contributed by atoms with Gasteiger partial charge in [-0.1, -0.05) is 6.92 Å². The smallest absolute Gasteiger partial charge is 0.311 e. The number of ether oxygens (including phenoxy) is 1. The molecule has 0 aliphatic carbocycles. The second-order valence-electron chi connectivity index (χ2n) is 4.08. The summed E-state index contributed by atoms with van der Waals surface area (Å²) in [6.45, 7) is 3.29. The quantitative estimate of drug-likeness (QED) is 0.665. The third-order valence-electron chi connectivity index (χ3n) is 3.01. The van der Waals surface area contributed by atoms with E-state index in [1.54, 1.807) is 0 Å². The highest BCUT2D eigenvalue weighted by atomic mass is 16.5. The highest BCUT2D eigenvalue weighted by molar-refractivity contribution is 5.73. The molecule has 1 aliphatic rings. The maximum atomic E-state index is 11.4. The fraction of sp³-hybridized carbons (Fsp3) is 0.900. The first-order valence-corrected chi connectivity index (χ1v) is 5.02. The van der Waals surface area contributed by atoms with Crippen LogP contribution < -0.4 is 0 Å². The highest BCUT2D eigenvalue weighted by Crippen LogP contribution is 2.31. The van der Waals surface area contributed by atoms with Crippen LogP contribution in [0.1, 0.15) is 19.8 Å². The maximum Gasteiger partial charge on any atom is 0.311 e. The zero-order valence-electron chi connectivity index (χ0n) is 9.12. The van der Waals surface area contributed by atoms with Gasteiger partial charge < -0.3 is 14.7 Å². The van der Waals surface area contributed by atoms with E-state index < -0.39 is 11.5 Å². The van der Waals surface area contributed by atoms with Crippen molar-refractivity contribution in [1.82, 2.24) is 4.90 Å². The van der Waals surface area contributed by atoms with Crippen LogP contribution in [0.25, 0.3) is 0 Å². The van der Waals surface area contributed by atoms with Gasteiger partial charge >= 0.3 is 5.97 Å². The van der Waals surface area contributed by atoms with Gasteiger partial charge in [0.05, 0.1) is 18.6 Å². The van der Waals surface area contributed by atoms with E-state index in [9.17, 15) is 9.90 Å². The molecule has 14 heavy (non-hydrogen) atoms. The standard InChI is InChI=1S/C10H19NO3/c1-4-8(9(12)14-3)10(13)5-6-11(2)7-10/h8,13H,4-7H2,1-3H3. The molecule has 1 fully saturated rings. The van der Waals surface area contributed by atoms with Crippen LogP contribution in [0.2, 0.25) is 0 Å². The zero-order chi connectivity index (χ0) is 10.8.